The van der Waals surface area contributed by atoms with Gasteiger partial charge in [-0.25, -0.2) is 0 Å². The van der Waals surface area contributed by atoms with Crippen LogP contribution in [0.3, 0.4) is 0 Å². The smallest absolute Gasteiger partial charge is 0.254 e. The molecule has 1 aromatic heterocycles. The monoisotopic (exact) mass is 305 g/mol. The second-order valence-electron chi connectivity index (χ2n) is 6.14. The lowest BCUT2D eigenvalue weighted by Crippen LogP contribution is -2.36. The largest absolute Gasteiger partial charge is 0.332 e. The van der Waals surface area contributed by atoms with Crippen LogP contribution in [0.25, 0.3) is 10.8 Å². The van der Waals surface area contributed by atoms with Crippen molar-refractivity contribution in [3.05, 3.63) is 65.0 Å². The van der Waals surface area contributed by atoms with E-state index in [9.17, 15) is 4.79 Å². The van der Waals surface area contributed by atoms with Gasteiger partial charge < -0.3 is 4.90 Å². The summed E-state index contributed by atoms with van der Waals surface area (Å²) in [4.78, 5) is 15.0. The molecule has 0 atom stereocenters. The Kier molecular flexibility index (Phi) is 3.18. The van der Waals surface area contributed by atoms with Crippen molar-refractivity contribution in [2.45, 2.75) is 19.9 Å². The minimum atomic E-state index is 0.103. The Labute approximate surface area is 135 Å². The molecule has 0 spiro atoms. The first-order valence-corrected chi connectivity index (χ1v) is 7.93. The van der Waals surface area contributed by atoms with E-state index >= 15 is 0 Å². The highest BCUT2D eigenvalue weighted by atomic mass is 16.2. The van der Waals surface area contributed by atoms with Crippen molar-refractivity contribution in [2.75, 3.05) is 6.54 Å². The van der Waals surface area contributed by atoms with E-state index in [4.69, 9.17) is 0 Å². The molecule has 0 bridgehead atoms. The average molecular weight is 305 g/mol. The predicted molar refractivity (Wildman–Crippen MR) is 90.3 cm³/mol. The lowest BCUT2D eigenvalue weighted by Gasteiger charge is -2.28. The van der Waals surface area contributed by atoms with Crippen LogP contribution in [0.5, 0.6) is 0 Å². The van der Waals surface area contributed by atoms with Gasteiger partial charge in [-0.15, -0.1) is 0 Å². The Bertz CT molecular complexity index is 905. The van der Waals surface area contributed by atoms with Crippen molar-refractivity contribution >= 4 is 16.7 Å². The molecule has 0 aliphatic carbocycles. The second-order valence-corrected chi connectivity index (χ2v) is 6.14. The van der Waals surface area contributed by atoms with E-state index in [0.29, 0.717) is 6.54 Å². The highest BCUT2D eigenvalue weighted by molar-refractivity contribution is 6.07. The molecule has 0 radical (unpaired) electrons. The topological polar surface area (TPSA) is 38.1 Å². The number of aromatic nitrogens is 2. The Morgan fingerprint density at radius 3 is 2.78 bits per heavy atom. The van der Waals surface area contributed by atoms with E-state index in [1.54, 1.807) is 0 Å². The number of amides is 1. The highest BCUT2D eigenvalue weighted by Gasteiger charge is 2.26. The summed E-state index contributed by atoms with van der Waals surface area (Å²) in [5, 5.41) is 6.61. The van der Waals surface area contributed by atoms with E-state index in [1.807, 2.05) is 66.0 Å². The summed E-state index contributed by atoms with van der Waals surface area (Å²) in [5.74, 6) is 0.103. The van der Waals surface area contributed by atoms with Crippen molar-refractivity contribution < 1.29 is 4.79 Å². The van der Waals surface area contributed by atoms with Crippen LogP contribution in [0.2, 0.25) is 0 Å². The predicted octanol–water partition coefficient (Wildman–Crippen LogP) is 3.08. The maximum atomic E-state index is 13.0. The van der Waals surface area contributed by atoms with E-state index in [0.717, 1.165) is 40.7 Å². The van der Waals surface area contributed by atoms with Gasteiger partial charge in [-0.1, -0.05) is 36.4 Å². The van der Waals surface area contributed by atoms with Crippen LogP contribution in [0.4, 0.5) is 0 Å². The van der Waals surface area contributed by atoms with Gasteiger partial charge in [0.05, 0.1) is 17.9 Å². The first-order chi connectivity index (χ1) is 11.1. The van der Waals surface area contributed by atoms with E-state index < -0.39 is 0 Å². The van der Waals surface area contributed by atoms with Gasteiger partial charge in [-0.2, -0.15) is 5.10 Å². The van der Waals surface area contributed by atoms with Crippen LogP contribution < -0.4 is 0 Å². The third kappa shape index (κ3) is 2.22. The van der Waals surface area contributed by atoms with Crippen molar-refractivity contribution in [3.8, 4) is 0 Å². The van der Waals surface area contributed by atoms with Gasteiger partial charge in [0.25, 0.3) is 5.91 Å². The molecule has 4 rings (SSSR count). The Morgan fingerprint density at radius 1 is 1.13 bits per heavy atom. The first kappa shape index (κ1) is 14.0. The minimum Gasteiger partial charge on any atom is -0.332 e. The summed E-state index contributed by atoms with van der Waals surface area (Å²) >= 11 is 0. The van der Waals surface area contributed by atoms with Crippen molar-refractivity contribution in [2.24, 2.45) is 7.05 Å². The molecule has 0 saturated carbocycles. The molecule has 1 amide bonds. The normalized spacial score (nSPS) is 14.1. The minimum absolute atomic E-state index is 0.103. The van der Waals surface area contributed by atoms with Crippen LogP contribution in [0.1, 0.15) is 27.3 Å². The molecule has 2 aromatic carbocycles. The fourth-order valence-corrected chi connectivity index (χ4v) is 3.53. The number of aryl methyl sites for hydroxylation is 2. The first-order valence-electron chi connectivity index (χ1n) is 7.93. The summed E-state index contributed by atoms with van der Waals surface area (Å²) in [6.07, 6.45) is 0.880. The van der Waals surface area contributed by atoms with Crippen molar-refractivity contribution in [3.63, 3.8) is 0 Å². The lowest BCUT2D eigenvalue weighted by molar-refractivity contribution is 0.0732. The van der Waals surface area contributed by atoms with Gasteiger partial charge in [0, 0.05) is 19.2 Å². The molecule has 1 aliphatic rings. The van der Waals surface area contributed by atoms with Gasteiger partial charge in [-0.3, -0.25) is 9.48 Å². The fourth-order valence-electron chi connectivity index (χ4n) is 3.53. The Balaban J connectivity index is 1.71. The van der Waals surface area contributed by atoms with Gasteiger partial charge in [-0.05, 0) is 35.7 Å². The third-order valence-corrected chi connectivity index (χ3v) is 4.76. The number of hydrogen-bond acceptors (Lipinski definition) is 2. The number of rotatable bonds is 1. The summed E-state index contributed by atoms with van der Waals surface area (Å²) in [6, 6.07) is 14.0. The van der Waals surface area contributed by atoms with Gasteiger partial charge in [0.1, 0.15) is 0 Å². The van der Waals surface area contributed by atoms with Gasteiger partial charge in [0.15, 0.2) is 0 Å². The number of nitrogens with zero attached hydrogens (tertiary/aromatic N) is 3. The molecule has 4 nitrogen and oxygen atoms in total. The van der Waals surface area contributed by atoms with Crippen LogP contribution in [0, 0.1) is 6.92 Å². The van der Waals surface area contributed by atoms with Crippen molar-refractivity contribution in [1.82, 2.24) is 14.7 Å². The zero-order chi connectivity index (χ0) is 16.0. The second kappa shape index (κ2) is 5.23. The summed E-state index contributed by atoms with van der Waals surface area (Å²) in [7, 11) is 1.96. The summed E-state index contributed by atoms with van der Waals surface area (Å²) in [5.41, 5.74) is 4.32. The number of fused-ring (bicyclic) bond motifs is 2. The maximum absolute atomic E-state index is 13.0. The lowest BCUT2D eigenvalue weighted by atomic mass is 10.0. The molecule has 3 aromatic rings. The molecule has 0 saturated heterocycles. The Hall–Kier alpha value is -2.62. The molecule has 2 heterocycles. The van der Waals surface area contributed by atoms with Crippen LogP contribution >= 0.6 is 0 Å². The van der Waals surface area contributed by atoms with Crippen LogP contribution in [-0.2, 0) is 20.0 Å². The number of carbonyl (C=O) groups is 1. The molecular formula is C19H19N3O. The maximum Gasteiger partial charge on any atom is 0.254 e. The van der Waals surface area contributed by atoms with E-state index in [-0.39, 0.29) is 5.91 Å². The summed E-state index contributed by atoms with van der Waals surface area (Å²) in [6.45, 7) is 3.43. The van der Waals surface area contributed by atoms with Crippen LogP contribution in [0.15, 0.2) is 42.5 Å². The third-order valence-electron chi connectivity index (χ3n) is 4.76. The molecule has 4 heteroatoms. The number of carbonyl (C=O) groups excluding carboxylic acids is 1. The zero-order valence-corrected chi connectivity index (χ0v) is 13.4. The van der Waals surface area contributed by atoms with E-state index in [2.05, 4.69) is 5.10 Å². The number of hydrogen-bond donors (Lipinski definition) is 0. The molecule has 0 fully saturated rings. The molecule has 23 heavy (non-hydrogen) atoms. The van der Waals surface area contributed by atoms with Gasteiger partial charge >= 0.3 is 0 Å². The van der Waals surface area contributed by atoms with Crippen LogP contribution in [-0.4, -0.2) is 27.1 Å². The van der Waals surface area contributed by atoms with E-state index in [1.165, 1.54) is 5.56 Å². The standard InChI is InChI=1S/C19H19N3O/c1-13-15-10-11-22(12-18(15)21(2)20-13)19(23)17-9-5-7-14-6-3-4-8-16(14)17/h3-9H,10-12H2,1-2H3. The highest BCUT2D eigenvalue weighted by Crippen LogP contribution is 2.25. The summed E-state index contributed by atoms with van der Waals surface area (Å²) < 4.78 is 1.91. The SMILES string of the molecule is Cc1nn(C)c2c1CCN(C(=O)c1cccc3ccccc13)C2. The molecule has 1 aliphatic heterocycles. The molecular weight excluding hydrogens is 286 g/mol. The molecule has 0 unspecified atom stereocenters. The molecule has 116 valence electrons. The molecule has 0 N–H and O–H groups in total. The number of benzene rings is 2. The van der Waals surface area contributed by atoms with Crippen molar-refractivity contribution in [1.29, 1.82) is 0 Å². The fraction of sp³-hybridized carbons (Fsp3) is 0.263. The average Bonchev–Trinajstić information content (AvgIpc) is 2.87. The Morgan fingerprint density at radius 2 is 1.91 bits per heavy atom. The zero-order valence-electron chi connectivity index (χ0n) is 13.4. The van der Waals surface area contributed by atoms with Gasteiger partial charge in [0.2, 0.25) is 0 Å². The quantitative estimate of drug-likeness (QED) is 0.693.